The highest BCUT2D eigenvalue weighted by atomic mass is 35.5. The number of hydrogen-bond donors (Lipinski definition) is 0. The average molecular weight is 281 g/mol. The van der Waals surface area contributed by atoms with Gasteiger partial charge in [-0.15, -0.1) is 0 Å². The lowest BCUT2D eigenvalue weighted by Crippen LogP contribution is -1.92. The topological polar surface area (TPSA) is 35.5 Å². The van der Waals surface area contributed by atoms with E-state index >= 15 is 0 Å². The number of halogens is 2. The minimum absolute atomic E-state index is 0.522. The van der Waals surface area contributed by atoms with E-state index < -0.39 is 0 Å². The summed E-state index contributed by atoms with van der Waals surface area (Å²) in [6.45, 7) is 7.82. The van der Waals surface area contributed by atoms with Crippen molar-refractivity contribution in [1.29, 1.82) is 0 Å². The van der Waals surface area contributed by atoms with E-state index in [-0.39, 0.29) is 0 Å². The minimum atomic E-state index is 0.522. The molecule has 0 aliphatic carbocycles. The fourth-order valence-electron chi connectivity index (χ4n) is 1.01. The van der Waals surface area contributed by atoms with Crippen molar-refractivity contribution in [1.82, 2.24) is 0 Å². The Morgan fingerprint density at radius 3 is 1.53 bits per heavy atom. The second-order valence-corrected chi connectivity index (χ2v) is 3.29. The van der Waals surface area contributed by atoms with Crippen molar-refractivity contribution in [2.45, 2.75) is 20.8 Å². The van der Waals surface area contributed by atoms with Gasteiger partial charge in [-0.1, -0.05) is 37.0 Å². The fourth-order valence-corrected chi connectivity index (χ4v) is 1.51. The lowest BCUT2D eigenvalue weighted by atomic mass is 10.2. The van der Waals surface area contributed by atoms with E-state index in [2.05, 4.69) is 0 Å². The monoisotopic (exact) mass is 280 g/mol. The van der Waals surface area contributed by atoms with Crippen LogP contribution in [0.1, 0.15) is 19.4 Å². The quantitative estimate of drug-likeness (QED) is 0.816. The first-order valence-electron chi connectivity index (χ1n) is 4.97. The van der Waals surface area contributed by atoms with Gasteiger partial charge in [-0.2, -0.15) is 0 Å². The average Bonchev–Trinajstić information content (AvgIpc) is 2.41. The molecule has 3 nitrogen and oxygen atoms in total. The second kappa shape index (κ2) is 10.2. The van der Waals surface area contributed by atoms with Crippen LogP contribution in [0.5, 0.6) is 11.5 Å². The van der Waals surface area contributed by atoms with Crippen LogP contribution in [0.4, 0.5) is 0 Å². The van der Waals surface area contributed by atoms with E-state index in [1.165, 1.54) is 0 Å². The smallest absolute Gasteiger partial charge is 0.141 e. The van der Waals surface area contributed by atoms with Gasteiger partial charge in [-0.05, 0) is 12.5 Å². The first-order chi connectivity index (χ1) is 8.11. The van der Waals surface area contributed by atoms with Crippen molar-refractivity contribution in [3.8, 4) is 11.5 Å². The first kappa shape index (κ1) is 18.4. The number of benzene rings is 1. The highest BCUT2D eigenvalue weighted by Crippen LogP contribution is 2.39. The number of ether oxygens (including phenoxy) is 2. The molecule has 0 saturated carbocycles. The van der Waals surface area contributed by atoms with Crippen LogP contribution in [0.2, 0.25) is 10.0 Å². The number of methoxy groups -OCH3 is 2. The van der Waals surface area contributed by atoms with Crippen molar-refractivity contribution < 1.29 is 14.3 Å². The lowest BCUT2D eigenvalue weighted by Gasteiger charge is -2.11. The molecule has 5 heteroatoms. The summed E-state index contributed by atoms with van der Waals surface area (Å²) in [5.74, 6) is 1.14. The highest BCUT2D eigenvalue weighted by Gasteiger charge is 2.12. The minimum Gasteiger partial charge on any atom is -0.495 e. The van der Waals surface area contributed by atoms with E-state index in [9.17, 15) is 0 Å². The van der Waals surface area contributed by atoms with Crippen LogP contribution in [0.15, 0.2) is 6.07 Å². The van der Waals surface area contributed by atoms with Crippen molar-refractivity contribution in [2.24, 2.45) is 0 Å². The van der Waals surface area contributed by atoms with Gasteiger partial charge in [-0.25, -0.2) is 0 Å². The molecule has 0 aliphatic rings. The van der Waals surface area contributed by atoms with E-state index in [1.807, 2.05) is 27.6 Å². The molecule has 1 aromatic carbocycles. The molecular weight excluding hydrogens is 263 g/mol. The van der Waals surface area contributed by atoms with Gasteiger partial charge in [0.2, 0.25) is 0 Å². The van der Waals surface area contributed by atoms with Crippen molar-refractivity contribution in [3.05, 3.63) is 21.7 Å². The molecule has 98 valence electrons. The fraction of sp³-hybridized carbons (Fsp3) is 0.417. The van der Waals surface area contributed by atoms with Gasteiger partial charge in [0.25, 0.3) is 0 Å². The van der Waals surface area contributed by atoms with Gasteiger partial charge in [0, 0.05) is 6.07 Å². The SMILES string of the molecule is C=O.CC.COc1cc(OC)c(Cl)c(C)c1Cl. The molecule has 0 atom stereocenters. The predicted octanol–water partition coefficient (Wildman–Crippen LogP) is 4.16. The van der Waals surface area contributed by atoms with E-state index in [0.717, 1.165) is 5.56 Å². The molecule has 0 radical (unpaired) electrons. The maximum atomic E-state index is 8.00. The summed E-state index contributed by atoms with van der Waals surface area (Å²) in [4.78, 5) is 8.00. The molecular formula is C12H18Cl2O3. The second-order valence-electron chi connectivity index (χ2n) is 2.53. The largest absolute Gasteiger partial charge is 0.495 e. The summed E-state index contributed by atoms with van der Waals surface area (Å²) in [6, 6.07) is 1.66. The van der Waals surface area contributed by atoms with Crippen molar-refractivity contribution in [3.63, 3.8) is 0 Å². The maximum absolute atomic E-state index is 8.00. The molecule has 0 amide bonds. The van der Waals surface area contributed by atoms with Crippen LogP contribution < -0.4 is 9.47 Å². The van der Waals surface area contributed by atoms with Crippen molar-refractivity contribution in [2.75, 3.05) is 14.2 Å². The number of carbonyl (C=O) groups is 1. The van der Waals surface area contributed by atoms with E-state index in [1.54, 1.807) is 20.3 Å². The summed E-state index contributed by atoms with van der Waals surface area (Å²) < 4.78 is 10.1. The Morgan fingerprint density at radius 1 is 1.00 bits per heavy atom. The van der Waals surface area contributed by atoms with Crippen molar-refractivity contribution >= 4 is 30.0 Å². The molecule has 0 aromatic heterocycles. The zero-order valence-corrected chi connectivity index (χ0v) is 12.3. The summed E-state index contributed by atoms with van der Waals surface area (Å²) >= 11 is 11.9. The Kier molecular flexibility index (Phi) is 11.1. The zero-order chi connectivity index (χ0) is 14.0. The van der Waals surface area contributed by atoms with Crippen LogP contribution in [0, 0.1) is 6.92 Å². The molecule has 1 rings (SSSR count). The van der Waals surface area contributed by atoms with Gasteiger partial charge in [0.05, 0.1) is 24.3 Å². The summed E-state index contributed by atoms with van der Waals surface area (Å²) in [7, 11) is 3.10. The number of carbonyl (C=O) groups excluding carboxylic acids is 1. The molecule has 0 spiro atoms. The summed E-state index contributed by atoms with van der Waals surface area (Å²) in [5.41, 5.74) is 0.763. The molecule has 0 N–H and O–H groups in total. The third-order valence-corrected chi connectivity index (χ3v) is 2.73. The standard InChI is InChI=1S/C9H10Cl2O2.C2H6.CH2O/c1-5-8(10)6(12-2)4-7(13-3)9(5)11;2*1-2/h4H,1-3H3;1-2H3;1H2. The van der Waals surface area contributed by atoms with Gasteiger partial charge < -0.3 is 14.3 Å². The Morgan fingerprint density at radius 2 is 1.29 bits per heavy atom. The van der Waals surface area contributed by atoms with E-state index in [0.29, 0.717) is 21.5 Å². The van der Waals surface area contributed by atoms with E-state index in [4.69, 9.17) is 37.5 Å². The normalized spacial score (nSPS) is 8.18. The maximum Gasteiger partial charge on any atom is 0.141 e. The van der Waals surface area contributed by atoms with Gasteiger partial charge in [0.15, 0.2) is 0 Å². The van der Waals surface area contributed by atoms with Crippen LogP contribution in [0.25, 0.3) is 0 Å². The Labute approximate surface area is 113 Å². The highest BCUT2D eigenvalue weighted by molar-refractivity contribution is 6.37. The molecule has 0 fully saturated rings. The third kappa shape index (κ3) is 4.84. The molecule has 0 bridgehead atoms. The first-order valence-corrected chi connectivity index (χ1v) is 5.72. The lowest BCUT2D eigenvalue weighted by molar-refractivity contribution is -0.0979. The molecule has 0 aliphatic heterocycles. The predicted molar refractivity (Wildman–Crippen MR) is 72.8 cm³/mol. The molecule has 17 heavy (non-hydrogen) atoms. The Balaban J connectivity index is 0. The third-order valence-electron chi connectivity index (χ3n) is 1.79. The molecule has 0 unspecified atom stereocenters. The van der Waals surface area contributed by atoms with Crippen LogP contribution >= 0.6 is 23.2 Å². The molecule has 0 heterocycles. The molecule has 1 aromatic rings. The van der Waals surface area contributed by atoms with Crippen LogP contribution in [-0.2, 0) is 4.79 Å². The molecule has 0 saturated heterocycles. The Hall–Kier alpha value is -0.930. The summed E-state index contributed by atoms with van der Waals surface area (Å²) in [6.07, 6.45) is 0. The van der Waals surface area contributed by atoms with Gasteiger partial charge in [-0.3, -0.25) is 0 Å². The van der Waals surface area contributed by atoms with Crippen LogP contribution in [0.3, 0.4) is 0 Å². The van der Waals surface area contributed by atoms with Gasteiger partial charge in [0.1, 0.15) is 18.3 Å². The van der Waals surface area contributed by atoms with Crippen LogP contribution in [-0.4, -0.2) is 21.0 Å². The zero-order valence-electron chi connectivity index (χ0n) is 10.8. The summed E-state index contributed by atoms with van der Waals surface area (Å²) in [5, 5.41) is 1.04. The number of hydrogen-bond acceptors (Lipinski definition) is 3. The Bertz CT molecular complexity index is 313. The number of rotatable bonds is 2. The van der Waals surface area contributed by atoms with Gasteiger partial charge >= 0.3 is 0 Å².